The van der Waals surface area contributed by atoms with Gasteiger partial charge in [-0.2, -0.15) is 0 Å². The first-order valence-corrected chi connectivity index (χ1v) is 4.83. The lowest BCUT2D eigenvalue weighted by Crippen LogP contribution is -2.25. The third-order valence-electron chi connectivity index (χ3n) is 1.81. The average molecular weight is 205 g/mol. The van der Waals surface area contributed by atoms with Crippen LogP contribution >= 0.6 is 0 Å². The number of aromatic nitrogens is 1. The summed E-state index contributed by atoms with van der Waals surface area (Å²) in [5.41, 5.74) is 6.18. The lowest BCUT2D eigenvalue weighted by atomic mass is 10.2. The third-order valence-corrected chi connectivity index (χ3v) is 1.81. The SMILES string of the molecule is NC/C=C/CNC(=O)Cc1cccnc1. The van der Waals surface area contributed by atoms with E-state index in [1.807, 2.05) is 24.3 Å². The second-order valence-corrected chi connectivity index (χ2v) is 3.05. The Labute approximate surface area is 89.2 Å². The van der Waals surface area contributed by atoms with E-state index in [9.17, 15) is 4.79 Å². The molecule has 0 aliphatic heterocycles. The van der Waals surface area contributed by atoms with E-state index in [-0.39, 0.29) is 5.91 Å². The fourth-order valence-corrected chi connectivity index (χ4v) is 1.10. The highest BCUT2D eigenvalue weighted by molar-refractivity contribution is 5.78. The zero-order valence-electron chi connectivity index (χ0n) is 8.52. The van der Waals surface area contributed by atoms with Crippen LogP contribution in [0.25, 0.3) is 0 Å². The molecule has 1 aromatic heterocycles. The Morgan fingerprint density at radius 2 is 2.40 bits per heavy atom. The van der Waals surface area contributed by atoms with Gasteiger partial charge in [0.15, 0.2) is 0 Å². The summed E-state index contributed by atoms with van der Waals surface area (Å²) in [4.78, 5) is 15.3. The van der Waals surface area contributed by atoms with Gasteiger partial charge in [0.2, 0.25) is 5.91 Å². The molecule has 1 rings (SSSR count). The van der Waals surface area contributed by atoms with Gasteiger partial charge in [-0.15, -0.1) is 0 Å². The van der Waals surface area contributed by atoms with Crippen molar-refractivity contribution < 1.29 is 4.79 Å². The number of hydrogen-bond acceptors (Lipinski definition) is 3. The van der Waals surface area contributed by atoms with Crippen molar-refractivity contribution in [3.05, 3.63) is 42.2 Å². The van der Waals surface area contributed by atoms with Crippen molar-refractivity contribution in [1.82, 2.24) is 10.3 Å². The van der Waals surface area contributed by atoms with Crippen LogP contribution in [-0.4, -0.2) is 24.0 Å². The van der Waals surface area contributed by atoms with Crippen LogP contribution in [0.5, 0.6) is 0 Å². The molecule has 0 atom stereocenters. The number of nitrogens with zero attached hydrogens (tertiary/aromatic N) is 1. The highest BCUT2D eigenvalue weighted by atomic mass is 16.1. The number of nitrogens with two attached hydrogens (primary N) is 1. The van der Waals surface area contributed by atoms with Crippen LogP contribution in [0.1, 0.15) is 5.56 Å². The zero-order chi connectivity index (χ0) is 10.9. The maximum Gasteiger partial charge on any atom is 0.224 e. The molecule has 0 fully saturated rings. The molecule has 0 spiro atoms. The molecule has 80 valence electrons. The van der Waals surface area contributed by atoms with E-state index in [1.165, 1.54) is 0 Å². The minimum Gasteiger partial charge on any atom is -0.352 e. The predicted molar refractivity (Wildman–Crippen MR) is 59.1 cm³/mol. The van der Waals surface area contributed by atoms with Gasteiger partial charge in [-0.1, -0.05) is 18.2 Å². The van der Waals surface area contributed by atoms with Crippen LogP contribution < -0.4 is 11.1 Å². The molecule has 0 aliphatic carbocycles. The summed E-state index contributed by atoms with van der Waals surface area (Å²) in [7, 11) is 0. The zero-order valence-corrected chi connectivity index (χ0v) is 8.52. The molecule has 0 saturated heterocycles. The molecule has 1 amide bonds. The molecule has 0 radical (unpaired) electrons. The van der Waals surface area contributed by atoms with Gasteiger partial charge in [0.05, 0.1) is 6.42 Å². The van der Waals surface area contributed by atoms with Crippen molar-refractivity contribution in [2.75, 3.05) is 13.1 Å². The van der Waals surface area contributed by atoms with Gasteiger partial charge in [-0.3, -0.25) is 9.78 Å². The van der Waals surface area contributed by atoms with E-state index in [1.54, 1.807) is 12.4 Å². The fourth-order valence-electron chi connectivity index (χ4n) is 1.10. The molecule has 1 aromatic rings. The minimum atomic E-state index is -0.00956. The number of hydrogen-bond donors (Lipinski definition) is 2. The number of pyridine rings is 1. The standard InChI is InChI=1S/C11H15N3O/c12-5-1-2-7-14-11(15)8-10-4-3-6-13-9-10/h1-4,6,9H,5,7-8,12H2,(H,14,15)/b2-1+. The Bertz CT molecular complexity index is 322. The number of carbonyl (C=O) groups is 1. The Morgan fingerprint density at radius 3 is 3.07 bits per heavy atom. The Kier molecular flexibility index (Phi) is 5.11. The molecule has 0 aromatic carbocycles. The van der Waals surface area contributed by atoms with Crippen LogP contribution in [0.3, 0.4) is 0 Å². The Balaban J connectivity index is 2.28. The molecule has 0 bridgehead atoms. The minimum absolute atomic E-state index is 0.00956. The van der Waals surface area contributed by atoms with Crippen molar-refractivity contribution >= 4 is 5.91 Å². The molecule has 0 aliphatic rings. The van der Waals surface area contributed by atoms with Gasteiger partial charge in [-0.25, -0.2) is 0 Å². The predicted octanol–water partition coefficient (Wildman–Crippen LogP) is 0.255. The molecular formula is C11H15N3O. The van der Waals surface area contributed by atoms with E-state index in [4.69, 9.17) is 5.73 Å². The summed E-state index contributed by atoms with van der Waals surface area (Å²) in [6.07, 6.45) is 7.39. The van der Waals surface area contributed by atoms with Gasteiger partial charge < -0.3 is 11.1 Å². The summed E-state index contributed by atoms with van der Waals surface area (Å²) >= 11 is 0. The summed E-state index contributed by atoms with van der Waals surface area (Å²) in [5, 5.41) is 2.76. The maximum absolute atomic E-state index is 11.4. The van der Waals surface area contributed by atoms with E-state index in [2.05, 4.69) is 10.3 Å². The largest absolute Gasteiger partial charge is 0.352 e. The van der Waals surface area contributed by atoms with Crippen LogP contribution in [-0.2, 0) is 11.2 Å². The molecule has 1 heterocycles. The first-order chi connectivity index (χ1) is 7.33. The van der Waals surface area contributed by atoms with Gasteiger partial charge in [-0.05, 0) is 11.6 Å². The van der Waals surface area contributed by atoms with Crippen molar-refractivity contribution in [3.8, 4) is 0 Å². The number of amides is 1. The van der Waals surface area contributed by atoms with Gasteiger partial charge in [0.25, 0.3) is 0 Å². The Hall–Kier alpha value is -1.68. The number of nitrogens with one attached hydrogen (secondary N) is 1. The van der Waals surface area contributed by atoms with E-state index in [0.29, 0.717) is 19.5 Å². The molecule has 4 heteroatoms. The number of rotatable bonds is 5. The Morgan fingerprint density at radius 1 is 1.53 bits per heavy atom. The summed E-state index contributed by atoms with van der Waals surface area (Å²) in [5.74, 6) is -0.00956. The van der Waals surface area contributed by atoms with Crippen LogP contribution in [0.2, 0.25) is 0 Å². The molecular weight excluding hydrogens is 190 g/mol. The smallest absolute Gasteiger partial charge is 0.224 e. The molecule has 3 N–H and O–H groups in total. The first kappa shape index (κ1) is 11.4. The summed E-state index contributed by atoms with van der Waals surface area (Å²) in [6, 6.07) is 3.69. The molecule has 15 heavy (non-hydrogen) atoms. The normalized spacial score (nSPS) is 10.5. The lowest BCUT2D eigenvalue weighted by molar-refractivity contribution is -0.120. The number of carbonyl (C=O) groups excluding carboxylic acids is 1. The second kappa shape index (κ2) is 6.73. The third kappa shape index (κ3) is 4.93. The second-order valence-electron chi connectivity index (χ2n) is 3.05. The monoisotopic (exact) mass is 205 g/mol. The maximum atomic E-state index is 11.4. The molecule has 4 nitrogen and oxygen atoms in total. The van der Waals surface area contributed by atoms with E-state index < -0.39 is 0 Å². The van der Waals surface area contributed by atoms with Crippen molar-refractivity contribution in [2.45, 2.75) is 6.42 Å². The van der Waals surface area contributed by atoms with Crippen LogP contribution in [0.4, 0.5) is 0 Å². The quantitative estimate of drug-likeness (QED) is 0.677. The fraction of sp³-hybridized carbons (Fsp3) is 0.273. The highest BCUT2D eigenvalue weighted by Crippen LogP contribution is 1.96. The van der Waals surface area contributed by atoms with Gasteiger partial charge >= 0.3 is 0 Å². The van der Waals surface area contributed by atoms with Crippen molar-refractivity contribution in [2.24, 2.45) is 5.73 Å². The summed E-state index contributed by atoms with van der Waals surface area (Å²) < 4.78 is 0. The molecule has 0 saturated carbocycles. The lowest BCUT2D eigenvalue weighted by Gasteiger charge is -2.01. The summed E-state index contributed by atoms with van der Waals surface area (Å²) in [6.45, 7) is 1.02. The average Bonchev–Trinajstić information content (AvgIpc) is 2.26. The van der Waals surface area contributed by atoms with Crippen LogP contribution in [0, 0.1) is 0 Å². The van der Waals surface area contributed by atoms with E-state index in [0.717, 1.165) is 5.56 Å². The van der Waals surface area contributed by atoms with Crippen LogP contribution in [0.15, 0.2) is 36.7 Å². The highest BCUT2D eigenvalue weighted by Gasteiger charge is 2.00. The van der Waals surface area contributed by atoms with Crippen molar-refractivity contribution in [3.63, 3.8) is 0 Å². The van der Waals surface area contributed by atoms with Crippen molar-refractivity contribution in [1.29, 1.82) is 0 Å². The van der Waals surface area contributed by atoms with Gasteiger partial charge in [0.1, 0.15) is 0 Å². The van der Waals surface area contributed by atoms with E-state index >= 15 is 0 Å². The molecule has 0 unspecified atom stereocenters. The first-order valence-electron chi connectivity index (χ1n) is 4.83. The topological polar surface area (TPSA) is 68.0 Å². The van der Waals surface area contributed by atoms with Gasteiger partial charge in [0, 0.05) is 25.5 Å².